The van der Waals surface area contributed by atoms with Crippen molar-refractivity contribution < 1.29 is 13.6 Å². The average molecular weight is 443 g/mol. The van der Waals surface area contributed by atoms with E-state index in [1.807, 2.05) is 18.2 Å². The first-order valence-corrected chi connectivity index (χ1v) is 11.5. The van der Waals surface area contributed by atoms with Crippen LogP contribution in [0.15, 0.2) is 18.2 Å². The number of hydrogen-bond donors (Lipinski definition) is 1. The SMILES string of the molecule is COP(=O)(CC1CCN(c2nc(Cl)nc3c2[nH]c2ccc(Cl)cc23)CC1)OC. The van der Waals surface area contributed by atoms with E-state index >= 15 is 0 Å². The molecule has 1 saturated heterocycles. The van der Waals surface area contributed by atoms with E-state index in [1.165, 1.54) is 14.2 Å². The maximum Gasteiger partial charge on any atom is 0.330 e. The normalized spacial score (nSPS) is 16.4. The molecule has 1 aliphatic rings. The molecule has 0 bridgehead atoms. The smallest absolute Gasteiger partial charge is 0.330 e. The highest BCUT2D eigenvalue weighted by Crippen LogP contribution is 2.49. The minimum absolute atomic E-state index is 0.203. The number of nitrogens with zero attached hydrogens (tertiary/aromatic N) is 3. The Hall–Kier alpha value is -1.37. The van der Waals surface area contributed by atoms with Gasteiger partial charge in [-0.15, -0.1) is 0 Å². The summed E-state index contributed by atoms with van der Waals surface area (Å²) in [5.74, 6) is 1.05. The second kappa shape index (κ2) is 7.81. The molecule has 3 heterocycles. The molecule has 7 nitrogen and oxygen atoms in total. The number of halogens is 2. The highest BCUT2D eigenvalue weighted by atomic mass is 35.5. The summed E-state index contributed by atoms with van der Waals surface area (Å²) in [6.45, 7) is 1.55. The highest BCUT2D eigenvalue weighted by molar-refractivity contribution is 7.53. The fourth-order valence-corrected chi connectivity index (χ4v) is 5.57. The van der Waals surface area contributed by atoms with Gasteiger partial charge in [0.1, 0.15) is 11.0 Å². The van der Waals surface area contributed by atoms with E-state index in [2.05, 4.69) is 19.9 Å². The molecule has 150 valence electrons. The fraction of sp³-hybridized carbons (Fsp3) is 0.444. The predicted molar refractivity (Wildman–Crippen MR) is 113 cm³/mol. The van der Waals surface area contributed by atoms with Crippen molar-refractivity contribution in [2.75, 3.05) is 38.4 Å². The number of nitrogens with one attached hydrogen (secondary N) is 1. The number of hydrogen-bond acceptors (Lipinski definition) is 6. The number of benzene rings is 1. The van der Waals surface area contributed by atoms with Gasteiger partial charge in [-0.05, 0) is 48.6 Å². The topological polar surface area (TPSA) is 80.3 Å². The maximum atomic E-state index is 12.4. The van der Waals surface area contributed by atoms with Crippen LogP contribution in [0.4, 0.5) is 5.82 Å². The van der Waals surface area contributed by atoms with Crippen LogP contribution in [0.3, 0.4) is 0 Å². The summed E-state index contributed by atoms with van der Waals surface area (Å²) in [6.07, 6.45) is 2.16. The number of H-pyrrole nitrogens is 1. The van der Waals surface area contributed by atoms with Crippen LogP contribution in [0.25, 0.3) is 21.9 Å². The third-order valence-electron chi connectivity index (χ3n) is 5.31. The average Bonchev–Trinajstić information content (AvgIpc) is 3.05. The Balaban J connectivity index is 1.62. The van der Waals surface area contributed by atoms with Gasteiger partial charge in [-0.25, -0.2) is 4.98 Å². The minimum atomic E-state index is -3.00. The van der Waals surface area contributed by atoms with Crippen molar-refractivity contribution >= 4 is 58.6 Å². The van der Waals surface area contributed by atoms with Gasteiger partial charge in [0.25, 0.3) is 0 Å². The van der Waals surface area contributed by atoms with Crippen molar-refractivity contribution in [3.63, 3.8) is 0 Å². The Labute approximate surface area is 172 Å². The van der Waals surface area contributed by atoms with Crippen molar-refractivity contribution in [3.05, 3.63) is 28.5 Å². The number of aromatic amines is 1. The van der Waals surface area contributed by atoms with Crippen molar-refractivity contribution in [2.24, 2.45) is 5.92 Å². The third-order valence-corrected chi connectivity index (χ3v) is 7.79. The largest absolute Gasteiger partial charge is 0.355 e. The third kappa shape index (κ3) is 3.74. The summed E-state index contributed by atoms with van der Waals surface area (Å²) >= 11 is 12.4. The summed E-state index contributed by atoms with van der Waals surface area (Å²) in [7, 11) is -0.133. The van der Waals surface area contributed by atoms with E-state index in [4.69, 9.17) is 32.2 Å². The molecule has 28 heavy (non-hydrogen) atoms. The molecule has 1 aromatic carbocycles. The second-order valence-electron chi connectivity index (χ2n) is 6.94. The van der Waals surface area contributed by atoms with Gasteiger partial charge in [0.2, 0.25) is 5.28 Å². The van der Waals surface area contributed by atoms with Gasteiger partial charge >= 0.3 is 7.60 Å². The zero-order chi connectivity index (χ0) is 19.9. The molecule has 1 aliphatic heterocycles. The van der Waals surface area contributed by atoms with Crippen molar-refractivity contribution in [1.29, 1.82) is 0 Å². The monoisotopic (exact) mass is 442 g/mol. The molecular formula is C18H21Cl2N4O3P. The molecule has 0 saturated carbocycles. The van der Waals surface area contributed by atoms with E-state index in [0.717, 1.165) is 53.7 Å². The number of fused-ring (bicyclic) bond motifs is 3. The number of aromatic nitrogens is 3. The Morgan fingerprint density at radius 3 is 2.61 bits per heavy atom. The lowest BCUT2D eigenvalue weighted by Gasteiger charge is -2.33. The lowest BCUT2D eigenvalue weighted by atomic mass is 9.99. The predicted octanol–water partition coefficient (Wildman–Crippen LogP) is 5.12. The molecule has 0 atom stereocenters. The Bertz CT molecular complexity index is 1060. The van der Waals surface area contributed by atoms with Crippen molar-refractivity contribution in [2.45, 2.75) is 12.8 Å². The van der Waals surface area contributed by atoms with Crippen LogP contribution < -0.4 is 4.90 Å². The zero-order valence-electron chi connectivity index (χ0n) is 15.6. The first-order chi connectivity index (χ1) is 13.4. The summed E-state index contributed by atoms with van der Waals surface area (Å²) in [4.78, 5) is 14.5. The summed E-state index contributed by atoms with van der Waals surface area (Å²) in [5.41, 5.74) is 2.55. The van der Waals surface area contributed by atoms with Gasteiger partial charge in [0, 0.05) is 43.2 Å². The molecule has 0 unspecified atom stereocenters. The van der Waals surface area contributed by atoms with Gasteiger partial charge in [-0.1, -0.05) is 11.6 Å². The van der Waals surface area contributed by atoms with Gasteiger partial charge < -0.3 is 18.9 Å². The minimum Gasteiger partial charge on any atom is -0.355 e. The van der Waals surface area contributed by atoms with Gasteiger partial charge in [-0.2, -0.15) is 4.98 Å². The zero-order valence-corrected chi connectivity index (χ0v) is 18.0. The maximum absolute atomic E-state index is 12.4. The molecule has 3 aromatic rings. The quantitative estimate of drug-likeness (QED) is 0.436. The highest BCUT2D eigenvalue weighted by Gasteiger charge is 2.30. The molecular weight excluding hydrogens is 422 g/mol. The number of piperidine rings is 1. The summed E-state index contributed by atoms with van der Waals surface area (Å²) in [6, 6.07) is 5.64. The van der Waals surface area contributed by atoms with Crippen molar-refractivity contribution in [1.82, 2.24) is 15.0 Å². The first kappa shape index (κ1) is 19.9. The molecule has 1 fully saturated rings. The second-order valence-corrected chi connectivity index (χ2v) is 10.0. The molecule has 0 amide bonds. The van der Waals surface area contributed by atoms with Crippen LogP contribution in [0, 0.1) is 5.92 Å². The van der Waals surface area contributed by atoms with Crippen LogP contribution in [-0.4, -0.2) is 48.4 Å². The lowest BCUT2D eigenvalue weighted by Crippen LogP contribution is -2.35. The molecule has 1 N–H and O–H groups in total. The van der Waals surface area contributed by atoms with Crippen LogP contribution in [0.2, 0.25) is 10.3 Å². The van der Waals surface area contributed by atoms with Gasteiger partial charge in [0.15, 0.2) is 5.82 Å². The molecule has 0 aliphatic carbocycles. The van der Waals surface area contributed by atoms with Crippen LogP contribution >= 0.6 is 30.8 Å². The summed E-state index contributed by atoms with van der Waals surface area (Å²) in [5, 5.41) is 1.77. The molecule has 10 heteroatoms. The van der Waals surface area contributed by atoms with Gasteiger partial charge in [-0.3, -0.25) is 4.57 Å². The molecule has 0 radical (unpaired) electrons. The van der Waals surface area contributed by atoms with E-state index in [9.17, 15) is 4.57 Å². The van der Waals surface area contributed by atoms with Gasteiger partial charge in [0.05, 0.1) is 6.16 Å². The van der Waals surface area contributed by atoms with E-state index in [0.29, 0.717) is 11.2 Å². The summed E-state index contributed by atoms with van der Waals surface area (Å²) < 4.78 is 22.6. The molecule has 4 rings (SSSR count). The van der Waals surface area contributed by atoms with Crippen LogP contribution in [0.1, 0.15) is 12.8 Å². The molecule has 0 spiro atoms. The Morgan fingerprint density at radius 1 is 1.21 bits per heavy atom. The fourth-order valence-electron chi connectivity index (χ4n) is 3.78. The van der Waals surface area contributed by atoms with E-state index in [-0.39, 0.29) is 11.2 Å². The Morgan fingerprint density at radius 2 is 1.93 bits per heavy atom. The van der Waals surface area contributed by atoms with Crippen LogP contribution in [-0.2, 0) is 13.6 Å². The van der Waals surface area contributed by atoms with Crippen LogP contribution in [0.5, 0.6) is 0 Å². The van der Waals surface area contributed by atoms with E-state index < -0.39 is 7.60 Å². The Kier molecular flexibility index (Phi) is 5.55. The first-order valence-electron chi connectivity index (χ1n) is 9.02. The number of anilines is 1. The van der Waals surface area contributed by atoms with Crippen molar-refractivity contribution in [3.8, 4) is 0 Å². The van der Waals surface area contributed by atoms with E-state index in [1.54, 1.807) is 0 Å². The molecule has 2 aromatic heterocycles. The number of rotatable bonds is 5. The lowest BCUT2D eigenvalue weighted by molar-refractivity contribution is 0.265. The standard InChI is InChI=1S/C18H21Cl2N4O3P/c1-26-28(25,27-2)10-11-5-7-24(8-6-11)17-16-15(22-18(20)23-17)13-9-12(19)3-4-14(13)21-16/h3-4,9,11,21H,5-8,10H2,1-2H3.